The summed E-state index contributed by atoms with van der Waals surface area (Å²) < 4.78 is 5.38. The Morgan fingerprint density at radius 2 is 1.79 bits per heavy atom. The Morgan fingerprint density at radius 1 is 1.05 bits per heavy atom. The second kappa shape index (κ2) is 6.98. The van der Waals surface area contributed by atoms with Crippen LogP contribution in [0.1, 0.15) is 44.8 Å². The molecule has 2 rings (SSSR count). The molecule has 0 spiro atoms. The van der Waals surface area contributed by atoms with Crippen molar-refractivity contribution < 1.29 is 4.52 Å². The fourth-order valence-electron chi connectivity index (χ4n) is 2.31. The monoisotopic (exact) mass is 258 g/mol. The van der Waals surface area contributed by atoms with Gasteiger partial charge >= 0.3 is 0 Å². The van der Waals surface area contributed by atoms with Gasteiger partial charge in [-0.05, 0) is 12.0 Å². The molecule has 19 heavy (non-hydrogen) atoms. The van der Waals surface area contributed by atoms with E-state index in [4.69, 9.17) is 10.3 Å². The second-order valence-electron chi connectivity index (χ2n) is 4.90. The van der Waals surface area contributed by atoms with Gasteiger partial charge in [-0.25, -0.2) is 0 Å². The number of anilines is 1. The van der Waals surface area contributed by atoms with Crippen molar-refractivity contribution in [3.05, 3.63) is 36.1 Å². The van der Waals surface area contributed by atoms with Gasteiger partial charge in [0.1, 0.15) is 5.76 Å². The Kier molecular flexibility index (Phi) is 5.01. The number of aryl methyl sites for hydroxylation is 1. The average Bonchev–Trinajstić information content (AvgIpc) is 2.81. The van der Waals surface area contributed by atoms with Crippen LogP contribution in [0.3, 0.4) is 0 Å². The molecular formula is C16H22N2O. The number of aromatic nitrogens is 1. The first kappa shape index (κ1) is 13.7. The average molecular weight is 258 g/mol. The maximum atomic E-state index is 5.92. The molecule has 0 aliphatic heterocycles. The predicted octanol–water partition coefficient (Wildman–Crippen LogP) is 4.44. The van der Waals surface area contributed by atoms with Crippen LogP contribution in [-0.2, 0) is 6.42 Å². The standard InChI is InChI=1S/C16H22N2O/c1-2-3-4-5-9-12-14-15(16(17)18-19-14)13-10-7-6-8-11-13/h6-8,10-11H,2-5,9,12H2,1H3,(H2,17,18). The van der Waals surface area contributed by atoms with Crippen LogP contribution in [0.25, 0.3) is 11.1 Å². The first-order chi connectivity index (χ1) is 9.33. The highest BCUT2D eigenvalue weighted by atomic mass is 16.5. The van der Waals surface area contributed by atoms with Crippen LogP contribution in [0, 0.1) is 0 Å². The normalized spacial score (nSPS) is 10.8. The number of benzene rings is 1. The SMILES string of the molecule is CCCCCCCc1onc(N)c1-c1ccccc1. The lowest BCUT2D eigenvalue weighted by atomic mass is 10.0. The van der Waals surface area contributed by atoms with E-state index in [1.54, 1.807) is 0 Å². The Labute approximate surface area is 114 Å². The van der Waals surface area contributed by atoms with E-state index >= 15 is 0 Å². The smallest absolute Gasteiger partial charge is 0.175 e. The number of unbranched alkanes of at least 4 members (excludes halogenated alkanes) is 4. The number of hydrogen-bond acceptors (Lipinski definition) is 3. The number of nitrogens with two attached hydrogens (primary N) is 1. The van der Waals surface area contributed by atoms with E-state index in [1.165, 1.54) is 25.7 Å². The number of nitrogens with zero attached hydrogens (tertiary/aromatic N) is 1. The van der Waals surface area contributed by atoms with Gasteiger partial charge in [0.15, 0.2) is 5.82 Å². The summed E-state index contributed by atoms with van der Waals surface area (Å²) in [4.78, 5) is 0. The zero-order chi connectivity index (χ0) is 13.5. The van der Waals surface area contributed by atoms with Crippen LogP contribution in [0.4, 0.5) is 5.82 Å². The van der Waals surface area contributed by atoms with E-state index in [9.17, 15) is 0 Å². The lowest BCUT2D eigenvalue weighted by Crippen LogP contribution is -1.91. The molecule has 0 unspecified atom stereocenters. The topological polar surface area (TPSA) is 52.0 Å². The van der Waals surface area contributed by atoms with E-state index in [0.29, 0.717) is 5.82 Å². The molecule has 1 aromatic carbocycles. The fourth-order valence-corrected chi connectivity index (χ4v) is 2.31. The van der Waals surface area contributed by atoms with Gasteiger partial charge in [0, 0.05) is 6.42 Å². The van der Waals surface area contributed by atoms with Crippen LogP contribution in [-0.4, -0.2) is 5.16 Å². The van der Waals surface area contributed by atoms with E-state index < -0.39 is 0 Å². The van der Waals surface area contributed by atoms with Crippen molar-refractivity contribution >= 4 is 5.82 Å². The van der Waals surface area contributed by atoms with Gasteiger partial charge in [-0.15, -0.1) is 0 Å². The first-order valence-electron chi connectivity index (χ1n) is 7.12. The molecule has 102 valence electrons. The van der Waals surface area contributed by atoms with E-state index in [-0.39, 0.29) is 0 Å². The zero-order valence-corrected chi connectivity index (χ0v) is 11.6. The molecule has 1 heterocycles. The quantitative estimate of drug-likeness (QED) is 0.747. The van der Waals surface area contributed by atoms with Crippen LogP contribution < -0.4 is 5.73 Å². The van der Waals surface area contributed by atoms with E-state index in [1.807, 2.05) is 30.3 Å². The molecule has 1 aromatic heterocycles. The highest BCUT2D eigenvalue weighted by Crippen LogP contribution is 2.30. The number of hydrogen-bond donors (Lipinski definition) is 1. The molecule has 3 heteroatoms. The summed E-state index contributed by atoms with van der Waals surface area (Å²) in [5, 5.41) is 3.91. The van der Waals surface area contributed by atoms with Crippen LogP contribution in [0.5, 0.6) is 0 Å². The summed E-state index contributed by atoms with van der Waals surface area (Å²) in [7, 11) is 0. The molecule has 0 amide bonds. The highest BCUT2D eigenvalue weighted by molar-refractivity contribution is 5.75. The molecule has 0 bridgehead atoms. The molecule has 2 N–H and O–H groups in total. The Morgan fingerprint density at radius 3 is 2.53 bits per heavy atom. The first-order valence-corrected chi connectivity index (χ1v) is 7.12. The van der Waals surface area contributed by atoms with Crippen molar-refractivity contribution in [3.63, 3.8) is 0 Å². The van der Waals surface area contributed by atoms with Gasteiger partial charge in [0.25, 0.3) is 0 Å². The number of nitrogen functional groups attached to an aromatic ring is 1. The molecule has 0 atom stereocenters. The van der Waals surface area contributed by atoms with Crippen molar-refractivity contribution in [1.82, 2.24) is 5.16 Å². The molecule has 3 nitrogen and oxygen atoms in total. The maximum absolute atomic E-state index is 5.92. The maximum Gasteiger partial charge on any atom is 0.175 e. The lowest BCUT2D eigenvalue weighted by molar-refractivity contribution is 0.381. The third-order valence-electron chi connectivity index (χ3n) is 3.36. The minimum atomic E-state index is 0.495. The molecule has 2 aromatic rings. The fraction of sp³-hybridized carbons (Fsp3) is 0.438. The van der Waals surface area contributed by atoms with Gasteiger partial charge in [-0.1, -0.05) is 68.1 Å². The van der Waals surface area contributed by atoms with Gasteiger partial charge in [0.05, 0.1) is 5.56 Å². The van der Waals surface area contributed by atoms with Crippen molar-refractivity contribution in [3.8, 4) is 11.1 Å². The summed E-state index contributed by atoms with van der Waals surface area (Å²) in [5.74, 6) is 1.41. The summed E-state index contributed by atoms with van der Waals surface area (Å²) in [6, 6.07) is 10.1. The molecule has 0 aliphatic carbocycles. The molecule has 0 saturated heterocycles. The van der Waals surface area contributed by atoms with E-state index in [2.05, 4.69) is 12.1 Å². The van der Waals surface area contributed by atoms with Crippen molar-refractivity contribution in [2.45, 2.75) is 45.4 Å². The lowest BCUT2D eigenvalue weighted by Gasteiger charge is -2.02. The summed E-state index contributed by atoms with van der Waals surface area (Å²) in [6.45, 7) is 2.23. The van der Waals surface area contributed by atoms with Crippen LogP contribution in [0.15, 0.2) is 34.9 Å². The summed E-state index contributed by atoms with van der Waals surface area (Å²) >= 11 is 0. The summed E-state index contributed by atoms with van der Waals surface area (Å²) in [5.41, 5.74) is 7.98. The molecule has 0 aliphatic rings. The molecule has 0 radical (unpaired) electrons. The highest BCUT2D eigenvalue weighted by Gasteiger charge is 2.14. The Balaban J connectivity index is 2.02. The predicted molar refractivity (Wildman–Crippen MR) is 78.8 cm³/mol. The second-order valence-corrected chi connectivity index (χ2v) is 4.90. The summed E-state index contributed by atoms with van der Waals surface area (Å²) in [6.07, 6.45) is 7.16. The molecular weight excluding hydrogens is 236 g/mol. The largest absolute Gasteiger partial charge is 0.380 e. The third-order valence-corrected chi connectivity index (χ3v) is 3.36. The Hall–Kier alpha value is -1.77. The minimum Gasteiger partial charge on any atom is -0.380 e. The number of rotatable bonds is 7. The van der Waals surface area contributed by atoms with Crippen molar-refractivity contribution in [1.29, 1.82) is 0 Å². The van der Waals surface area contributed by atoms with Gasteiger partial charge in [-0.2, -0.15) is 0 Å². The third kappa shape index (κ3) is 3.60. The Bertz CT molecular complexity index is 491. The van der Waals surface area contributed by atoms with Crippen molar-refractivity contribution in [2.24, 2.45) is 0 Å². The van der Waals surface area contributed by atoms with Gasteiger partial charge in [0.2, 0.25) is 0 Å². The van der Waals surface area contributed by atoms with Gasteiger partial charge in [-0.3, -0.25) is 0 Å². The van der Waals surface area contributed by atoms with E-state index in [0.717, 1.165) is 29.7 Å². The molecule has 0 fully saturated rings. The minimum absolute atomic E-state index is 0.495. The van der Waals surface area contributed by atoms with Gasteiger partial charge < -0.3 is 10.3 Å². The molecule has 0 saturated carbocycles. The van der Waals surface area contributed by atoms with Crippen LogP contribution >= 0.6 is 0 Å². The van der Waals surface area contributed by atoms with Crippen molar-refractivity contribution in [2.75, 3.05) is 5.73 Å². The zero-order valence-electron chi connectivity index (χ0n) is 11.6. The van der Waals surface area contributed by atoms with Crippen LogP contribution in [0.2, 0.25) is 0 Å².